The lowest BCUT2D eigenvalue weighted by Gasteiger charge is -2.23. The van der Waals surface area contributed by atoms with Crippen LogP contribution in [0.5, 0.6) is 0 Å². The molecular weight excluding hydrogens is 216 g/mol. The Kier molecular flexibility index (Phi) is 4.06. The fourth-order valence-electron chi connectivity index (χ4n) is 3.27. The van der Waals surface area contributed by atoms with Gasteiger partial charge in [-0.05, 0) is 50.3 Å². The normalized spacial score (nSPS) is 15.9. The zero-order valence-corrected chi connectivity index (χ0v) is 12.1. The van der Waals surface area contributed by atoms with Crippen LogP contribution in [0.4, 0.5) is 0 Å². The molecular formula is C18H24. The summed E-state index contributed by atoms with van der Waals surface area (Å²) in [6, 6.07) is 4.65. The summed E-state index contributed by atoms with van der Waals surface area (Å²) in [4.78, 5) is 0. The van der Waals surface area contributed by atoms with Crippen LogP contribution in [-0.4, -0.2) is 0 Å². The molecule has 0 heteroatoms. The van der Waals surface area contributed by atoms with Gasteiger partial charge in [0.1, 0.15) is 0 Å². The van der Waals surface area contributed by atoms with Crippen molar-refractivity contribution in [3.8, 4) is 0 Å². The van der Waals surface area contributed by atoms with Crippen LogP contribution in [0.2, 0.25) is 0 Å². The molecule has 1 atom stereocenters. The topological polar surface area (TPSA) is 0 Å². The zero-order chi connectivity index (χ0) is 13.1. The fraction of sp³-hybridized carbons (Fsp3) is 0.444. The molecule has 0 aliphatic heterocycles. The summed E-state index contributed by atoms with van der Waals surface area (Å²) in [7, 11) is 0. The van der Waals surface area contributed by atoms with Crippen LogP contribution in [0.25, 0.3) is 0 Å². The number of benzene rings is 1. The van der Waals surface area contributed by atoms with Crippen LogP contribution < -0.4 is 0 Å². The Morgan fingerprint density at radius 2 is 1.78 bits per heavy atom. The molecule has 1 aliphatic rings. The lowest BCUT2D eigenvalue weighted by atomic mass is 9.81. The smallest absolute Gasteiger partial charge is 0.00595 e. The van der Waals surface area contributed by atoms with E-state index in [1.807, 2.05) is 0 Å². The lowest BCUT2D eigenvalue weighted by molar-refractivity contribution is 0.671. The van der Waals surface area contributed by atoms with Gasteiger partial charge < -0.3 is 0 Å². The quantitative estimate of drug-likeness (QED) is 0.662. The first-order valence-corrected chi connectivity index (χ1v) is 7.06. The Bertz CT molecular complexity index is 466. The Morgan fingerprint density at radius 3 is 2.28 bits per heavy atom. The maximum atomic E-state index is 2.33. The fourth-order valence-corrected chi connectivity index (χ4v) is 3.27. The molecule has 0 bridgehead atoms. The third-order valence-corrected chi connectivity index (χ3v) is 3.91. The summed E-state index contributed by atoms with van der Waals surface area (Å²) in [6.45, 7) is 9.01. The van der Waals surface area contributed by atoms with Gasteiger partial charge in [0.2, 0.25) is 0 Å². The Morgan fingerprint density at radius 1 is 1.11 bits per heavy atom. The highest BCUT2D eigenvalue weighted by Gasteiger charge is 2.20. The molecule has 0 saturated carbocycles. The minimum Gasteiger partial charge on any atom is -0.0804 e. The highest BCUT2D eigenvalue weighted by Crippen LogP contribution is 2.37. The molecule has 1 aliphatic carbocycles. The molecule has 0 N–H and O–H groups in total. The second kappa shape index (κ2) is 5.56. The van der Waals surface area contributed by atoms with Gasteiger partial charge in [0, 0.05) is 5.92 Å². The molecule has 0 amide bonds. The van der Waals surface area contributed by atoms with Gasteiger partial charge in [-0.25, -0.2) is 0 Å². The van der Waals surface area contributed by atoms with Gasteiger partial charge in [-0.3, -0.25) is 0 Å². The van der Waals surface area contributed by atoms with Crippen LogP contribution in [0.3, 0.4) is 0 Å². The van der Waals surface area contributed by atoms with E-state index < -0.39 is 0 Å². The lowest BCUT2D eigenvalue weighted by Crippen LogP contribution is -2.06. The maximum Gasteiger partial charge on any atom is 0.00595 e. The molecule has 1 aromatic rings. The van der Waals surface area contributed by atoms with Gasteiger partial charge in [0.05, 0.1) is 0 Å². The Balaban J connectivity index is 2.42. The van der Waals surface area contributed by atoms with Gasteiger partial charge in [-0.2, -0.15) is 0 Å². The predicted molar refractivity (Wildman–Crippen MR) is 80.1 cm³/mol. The van der Waals surface area contributed by atoms with Crippen LogP contribution in [0.15, 0.2) is 35.9 Å². The molecule has 0 aromatic heterocycles. The van der Waals surface area contributed by atoms with E-state index in [1.54, 1.807) is 11.1 Å². The summed E-state index contributed by atoms with van der Waals surface area (Å²) in [5, 5.41) is 0. The van der Waals surface area contributed by atoms with E-state index in [1.165, 1.54) is 29.5 Å². The van der Waals surface area contributed by atoms with Crippen molar-refractivity contribution in [3.63, 3.8) is 0 Å². The number of hydrogen-bond donors (Lipinski definition) is 0. The molecule has 0 heterocycles. The van der Waals surface area contributed by atoms with Gasteiger partial charge in [0.25, 0.3) is 0 Å². The second-order valence-electron chi connectivity index (χ2n) is 5.53. The summed E-state index contributed by atoms with van der Waals surface area (Å²) in [6.07, 6.45) is 10.4. The SMILES string of the molecule is CCCC(C1=CC=CC1)c1c(C)cc(C)cc1C. The van der Waals surface area contributed by atoms with Crippen molar-refractivity contribution in [3.05, 3.63) is 58.2 Å². The molecule has 0 spiro atoms. The number of aryl methyl sites for hydroxylation is 3. The average molecular weight is 240 g/mol. The Labute approximate surface area is 111 Å². The first-order valence-electron chi connectivity index (χ1n) is 7.06. The third kappa shape index (κ3) is 2.58. The number of rotatable bonds is 4. The maximum absolute atomic E-state index is 2.33. The molecule has 0 radical (unpaired) electrons. The van der Waals surface area contributed by atoms with Crippen LogP contribution in [0.1, 0.15) is 54.4 Å². The molecule has 0 fully saturated rings. The van der Waals surface area contributed by atoms with Crippen LogP contribution in [-0.2, 0) is 0 Å². The van der Waals surface area contributed by atoms with Crippen molar-refractivity contribution in [2.45, 2.75) is 52.9 Å². The van der Waals surface area contributed by atoms with Gasteiger partial charge in [-0.15, -0.1) is 0 Å². The monoisotopic (exact) mass is 240 g/mol. The van der Waals surface area contributed by atoms with Crippen molar-refractivity contribution >= 4 is 0 Å². The van der Waals surface area contributed by atoms with E-state index in [-0.39, 0.29) is 0 Å². The predicted octanol–water partition coefficient (Wildman–Crippen LogP) is 5.38. The first-order chi connectivity index (χ1) is 8.63. The third-order valence-electron chi connectivity index (χ3n) is 3.91. The standard InChI is InChI=1S/C18H24/c1-5-8-17(16-9-6-7-10-16)18-14(3)11-13(2)12-15(18)4/h6-7,9,11-12,17H,5,8,10H2,1-4H3. The summed E-state index contributed by atoms with van der Waals surface area (Å²) in [5.74, 6) is 0.616. The second-order valence-corrected chi connectivity index (χ2v) is 5.53. The zero-order valence-electron chi connectivity index (χ0n) is 12.1. The molecule has 18 heavy (non-hydrogen) atoms. The van der Waals surface area contributed by atoms with E-state index in [2.05, 4.69) is 58.1 Å². The van der Waals surface area contributed by atoms with Crippen molar-refractivity contribution in [2.75, 3.05) is 0 Å². The minimum atomic E-state index is 0.616. The minimum absolute atomic E-state index is 0.616. The van der Waals surface area contributed by atoms with Crippen molar-refractivity contribution in [1.29, 1.82) is 0 Å². The summed E-state index contributed by atoms with van der Waals surface area (Å²) >= 11 is 0. The van der Waals surface area contributed by atoms with Crippen molar-refractivity contribution in [2.24, 2.45) is 0 Å². The average Bonchev–Trinajstić information content (AvgIpc) is 2.79. The molecule has 1 unspecified atom stereocenters. The molecule has 0 nitrogen and oxygen atoms in total. The van der Waals surface area contributed by atoms with Gasteiger partial charge in [0.15, 0.2) is 0 Å². The summed E-state index contributed by atoms with van der Waals surface area (Å²) in [5.41, 5.74) is 7.45. The molecule has 96 valence electrons. The Hall–Kier alpha value is -1.30. The van der Waals surface area contributed by atoms with Gasteiger partial charge >= 0.3 is 0 Å². The first kappa shape index (κ1) is 13.1. The highest BCUT2D eigenvalue weighted by atomic mass is 14.2. The summed E-state index contributed by atoms with van der Waals surface area (Å²) < 4.78 is 0. The molecule has 1 aromatic carbocycles. The van der Waals surface area contributed by atoms with Crippen molar-refractivity contribution < 1.29 is 0 Å². The number of hydrogen-bond acceptors (Lipinski definition) is 0. The highest BCUT2D eigenvalue weighted by molar-refractivity contribution is 5.45. The van der Waals surface area contributed by atoms with Crippen molar-refractivity contribution in [1.82, 2.24) is 0 Å². The van der Waals surface area contributed by atoms with E-state index in [9.17, 15) is 0 Å². The molecule has 2 rings (SSSR count). The van der Waals surface area contributed by atoms with E-state index in [0.717, 1.165) is 6.42 Å². The van der Waals surface area contributed by atoms with E-state index in [4.69, 9.17) is 0 Å². The molecule has 0 saturated heterocycles. The van der Waals surface area contributed by atoms with Gasteiger partial charge in [-0.1, -0.05) is 54.8 Å². The van der Waals surface area contributed by atoms with Crippen LogP contribution in [0, 0.1) is 20.8 Å². The van der Waals surface area contributed by atoms with E-state index in [0.29, 0.717) is 5.92 Å². The van der Waals surface area contributed by atoms with E-state index >= 15 is 0 Å². The number of allylic oxidation sites excluding steroid dienone is 4. The van der Waals surface area contributed by atoms with Crippen LogP contribution >= 0.6 is 0 Å². The largest absolute Gasteiger partial charge is 0.0804 e.